The Morgan fingerprint density at radius 3 is 2.48 bits per heavy atom. The lowest BCUT2D eigenvalue weighted by atomic mass is 10.2. The number of methoxy groups -OCH3 is 1. The zero-order valence-corrected chi connectivity index (χ0v) is 19.3. The molecule has 0 unspecified atom stereocenters. The van der Waals surface area contributed by atoms with E-state index in [0.717, 1.165) is 59.2 Å². The molecule has 1 N–H and O–H groups in total. The summed E-state index contributed by atoms with van der Waals surface area (Å²) in [7, 11) is 3.82. The van der Waals surface area contributed by atoms with E-state index in [2.05, 4.69) is 41.3 Å². The van der Waals surface area contributed by atoms with Gasteiger partial charge in [0.2, 0.25) is 0 Å². The highest BCUT2D eigenvalue weighted by Gasteiger charge is 2.24. The van der Waals surface area contributed by atoms with Crippen molar-refractivity contribution < 1.29 is 9.47 Å². The molecule has 0 radical (unpaired) electrons. The van der Waals surface area contributed by atoms with Gasteiger partial charge in [0.05, 0.1) is 13.7 Å². The third-order valence-electron chi connectivity index (χ3n) is 6.07. The summed E-state index contributed by atoms with van der Waals surface area (Å²) in [6, 6.07) is 18.4. The average Bonchev–Trinajstić information content (AvgIpc) is 3.39. The molecule has 0 amide bonds. The molecule has 0 aliphatic carbocycles. The number of hydrogen-bond donors (Lipinski definition) is 1. The molecule has 1 atom stereocenters. The maximum absolute atomic E-state index is 6.31. The van der Waals surface area contributed by atoms with Crippen LogP contribution in [0.3, 0.4) is 0 Å². The van der Waals surface area contributed by atoms with E-state index >= 15 is 0 Å². The number of aromatic nitrogens is 3. The number of ether oxygens (including phenoxy) is 2. The van der Waals surface area contributed by atoms with Crippen molar-refractivity contribution in [2.45, 2.75) is 25.9 Å². The number of rotatable bonds is 7. The Kier molecular flexibility index (Phi) is 5.88. The molecule has 0 saturated carbocycles. The smallest absolute Gasteiger partial charge is 0.164 e. The SMILES string of the molecule is COc1ccc(Cn2nc(N[C@@H]3CCN(C)C3)c3c(Oc4ccc(C)cc4)ccnc32)cc1. The van der Waals surface area contributed by atoms with Gasteiger partial charge in [0, 0.05) is 24.8 Å². The van der Waals surface area contributed by atoms with Crippen LogP contribution in [-0.2, 0) is 6.54 Å². The number of likely N-dealkylation sites (tertiary alicyclic amines) is 1. The standard InChI is InChI=1S/C26H29N5O2/c1-18-4-8-22(9-5-18)33-23-12-14-27-26-24(23)25(28-20-13-15-30(2)17-20)29-31(26)16-19-6-10-21(32-3)11-7-19/h4-12,14,20H,13,15-17H2,1-3H3,(H,28,29)/t20-/m1/s1. The van der Waals surface area contributed by atoms with Gasteiger partial charge in [-0.2, -0.15) is 5.10 Å². The van der Waals surface area contributed by atoms with Crippen molar-refractivity contribution in [3.8, 4) is 17.2 Å². The maximum Gasteiger partial charge on any atom is 0.164 e. The van der Waals surface area contributed by atoms with Crippen molar-refractivity contribution in [1.82, 2.24) is 19.7 Å². The fraction of sp³-hybridized carbons (Fsp3) is 0.308. The molecule has 1 saturated heterocycles. The summed E-state index contributed by atoms with van der Waals surface area (Å²) in [5, 5.41) is 9.51. The Balaban J connectivity index is 1.53. The molecule has 1 fully saturated rings. The first kappa shape index (κ1) is 21.3. The number of likely N-dealkylation sites (N-methyl/N-ethyl adjacent to an activating group) is 1. The highest BCUT2D eigenvalue weighted by atomic mass is 16.5. The molecule has 3 heterocycles. The highest BCUT2D eigenvalue weighted by Crippen LogP contribution is 2.35. The summed E-state index contributed by atoms with van der Waals surface area (Å²) in [5.41, 5.74) is 3.12. The van der Waals surface area contributed by atoms with Gasteiger partial charge in [-0.15, -0.1) is 0 Å². The van der Waals surface area contributed by atoms with Crippen molar-refractivity contribution in [2.24, 2.45) is 0 Å². The van der Waals surface area contributed by atoms with Crippen LogP contribution in [0.4, 0.5) is 5.82 Å². The fourth-order valence-electron chi connectivity index (χ4n) is 4.25. The van der Waals surface area contributed by atoms with E-state index < -0.39 is 0 Å². The Hall–Kier alpha value is -3.58. The molecule has 1 aliphatic heterocycles. The predicted octanol–water partition coefficient (Wildman–Crippen LogP) is 4.70. The van der Waals surface area contributed by atoms with Crippen LogP contribution in [0.15, 0.2) is 60.8 Å². The largest absolute Gasteiger partial charge is 0.497 e. The van der Waals surface area contributed by atoms with Crippen LogP contribution in [0.1, 0.15) is 17.5 Å². The van der Waals surface area contributed by atoms with Crippen LogP contribution in [0.5, 0.6) is 17.2 Å². The van der Waals surface area contributed by atoms with E-state index in [4.69, 9.17) is 14.6 Å². The lowest BCUT2D eigenvalue weighted by Crippen LogP contribution is -2.23. The zero-order chi connectivity index (χ0) is 22.8. The molecule has 33 heavy (non-hydrogen) atoms. The van der Waals surface area contributed by atoms with Crippen LogP contribution in [0.25, 0.3) is 11.0 Å². The molecule has 4 aromatic rings. The highest BCUT2D eigenvalue weighted by molar-refractivity contribution is 5.93. The molecule has 2 aromatic heterocycles. The van der Waals surface area contributed by atoms with Gasteiger partial charge in [0.15, 0.2) is 11.5 Å². The number of hydrogen-bond acceptors (Lipinski definition) is 6. The monoisotopic (exact) mass is 443 g/mol. The maximum atomic E-state index is 6.31. The van der Waals surface area contributed by atoms with Crippen LogP contribution >= 0.6 is 0 Å². The van der Waals surface area contributed by atoms with E-state index in [1.54, 1.807) is 13.3 Å². The van der Waals surface area contributed by atoms with Crippen LogP contribution in [-0.4, -0.2) is 53.0 Å². The van der Waals surface area contributed by atoms with E-state index in [1.165, 1.54) is 5.56 Å². The number of nitrogens with zero attached hydrogens (tertiary/aromatic N) is 4. The minimum absolute atomic E-state index is 0.343. The number of pyridine rings is 1. The minimum atomic E-state index is 0.343. The van der Waals surface area contributed by atoms with Gasteiger partial charge < -0.3 is 19.7 Å². The summed E-state index contributed by atoms with van der Waals surface area (Å²) in [5.74, 6) is 3.19. The van der Waals surface area contributed by atoms with Gasteiger partial charge in [0.25, 0.3) is 0 Å². The predicted molar refractivity (Wildman–Crippen MR) is 130 cm³/mol. The van der Waals surface area contributed by atoms with Gasteiger partial charge in [-0.25, -0.2) is 9.67 Å². The van der Waals surface area contributed by atoms with Gasteiger partial charge in [-0.05, 0) is 56.8 Å². The Labute approximate surface area is 194 Å². The molecule has 0 spiro atoms. The number of nitrogens with one attached hydrogen (secondary N) is 1. The minimum Gasteiger partial charge on any atom is -0.497 e. The van der Waals surface area contributed by atoms with Crippen molar-refractivity contribution in [3.63, 3.8) is 0 Å². The number of fused-ring (bicyclic) bond motifs is 1. The zero-order valence-electron chi connectivity index (χ0n) is 19.3. The number of aryl methyl sites for hydroxylation is 1. The van der Waals surface area contributed by atoms with Crippen LogP contribution in [0, 0.1) is 6.92 Å². The van der Waals surface area contributed by atoms with Gasteiger partial charge >= 0.3 is 0 Å². The third-order valence-corrected chi connectivity index (χ3v) is 6.07. The van der Waals surface area contributed by atoms with Crippen molar-refractivity contribution in [1.29, 1.82) is 0 Å². The molecule has 5 rings (SSSR count). The normalized spacial score (nSPS) is 16.3. The van der Waals surface area contributed by atoms with E-state index in [0.29, 0.717) is 12.6 Å². The van der Waals surface area contributed by atoms with Gasteiger partial charge in [-0.3, -0.25) is 0 Å². The van der Waals surface area contributed by atoms with E-state index in [9.17, 15) is 0 Å². The molecule has 170 valence electrons. The third kappa shape index (κ3) is 4.64. The molecule has 0 bridgehead atoms. The first-order valence-electron chi connectivity index (χ1n) is 11.3. The molecular weight excluding hydrogens is 414 g/mol. The lowest BCUT2D eigenvalue weighted by Gasteiger charge is -2.13. The van der Waals surface area contributed by atoms with Crippen LogP contribution < -0.4 is 14.8 Å². The Bertz CT molecular complexity index is 1230. The summed E-state index contributed by atoms with van der Waals surface area (Å²) in [6.45, 7) is 4.74. The summed E-state index contributed by atoms with van der Waals surface area (Å²) >= 11 is 0. The first-order chi connectivity index (χ1) is 16.1. The second-order valence-corrected chi connectivity index (χ2v) is 8.67. The number of anilines is 1. The average molecular weight is 444 g/mol. The molecule has 7 heteroatoms. The summed E-state index contributed by atoms with van der Waals surface area (Å²) < 4.78 is 13.5. The van der Waals surface area contributed by atoms with Gasteiger partial charge in [0.1, 0.15) is 22.6 Å². The van der Waals surface area contributed by atoms with E-state index in [1.807, 2.05) is 47.1 Å². The second kappa shape index (κ2) is 9.11. The quantitative estimate of drug-likeness (QED) is 0.447. The summed E-state index contributed by atoms with van der Waals surface area (Å²) in [6.07, 6.45) is 2.86. The Morgan fingerprint density at radius 1 is 1.03 bits per heavy atom. The van der Waals surface area contributed by atoms with Crippen molar-refractivity contribution in [3.05, 3.63) is 71.9 Å². The van der Waals surface area contributed by atoms with Crippen LogP contribution in [0.2, 0.25) is 0 Å². The second-order valence-electron chi connectivity index (χ2n) is 8.67. The summed E-state index contributed by atoms with van der Waals surface area (Å²) in [4.78, 5) is 7.01. The Morgan fingerprint density at radius 2 is 1.79 bits per heavy atom. The van der Waals surface area contributed by atoms with Crippen molar-refractivity contribution >= 4 is 16.9 Å². The fourth-order valence-corrected chi connectivity index (χ4v) is 4.25. The van der Waals surface area contributed by atoms with Crippen molar-refractivity contribution in [2.75, 3.05) is 32.6 Å². The topological polar surface area (TPSA) is 64.4 Å². The molecule has 1 aliphatic rings. The van der Waals surface area contributed by atoms with E-state index in [-0.39, 0.29) is 0 Å². The molecular formula is C26H29N5O2. The lowest BCUT2D eigenvalue weighted by molar-refractivity contribution is 0.414. The number of benzene rings is 2. The molecule has 7 nitrogen and oxygen atoms in total. The molecule has 2 aromatic carbocycles. The first-order valence-corrected chi connectivity index (χ1v) is 11.3. The van der Waals surface area contributed by atoms with Gasteiger partial charge in [-0.1, -0.05) is 29.8 Å².